The largest absolute Gasteiger partial charge is 0.477 e. The van der Waals surface area contributed by atoms with Crippen molar-refractivity contribution in [2.75, 3.05) is 29.6 Å². The van der Waals surface area contributed by atoms with Crippen LogP contribution in [0, 0.1) is 17.2 Å². The first-order valence-corrected chi connectivity index (χ1v) is 11.0. The predicted octanol–water partition coefficient (Wildman–Crippen LogP) is 4.10. The quantitative estimate of drug-likeness (QED) is 0.625. The summed E-state index contributed by atoms with van der Waals surface area (Å²) in [4.78, 5) is 7.21. The molecule has 0 amide bonds. The highest BCUT2D eigenvalue weighted by Gasteiger charge is 2.50. The van der Waals surface area contributed by atoms with Gasteiger partial charge in [-0.05, 0) is 56.8 Å². The lowest BCUT2D eigenvalue weighted by atomic mass is 10.0. The van der Waals surface area contributed by atoms with Crippen LogP contribution in [0.4, 0.5) is 24.5 Å². The van der Waals surface area contributed by atoms with Gasteiger partial charge in [-0.3, -0.25) is 4.90 Å². The van der Waals surface area contributed by atoms with E-state index in [4.69, 9.17) is 27.0 Å². The summed E-state index contributed by atoms with van der Waals surface area (Å²) in [5, 5.41) is 20.2. The molecular weight excluding hydrogens is 469 g/mol. The molecule has 0 spiro atoms. The van der Waals surface area contributed by atoms with Crippen molar-refractivity contribution in [2.45, 2.75) is 38.2 Å². The van der Waals surface area contributed by atoms with E-state index in [0.717, 1.165) is 25.2 Å². The number of hydrogen-bond donors (Lipinski definition) is 1. The smallest absolute Gasteiger partial charge is 0.417 e. The Morgan fingerprint density at radius 2 is 2.03 bits per heavy atom. The van der Waals surface area contributed by atoms with E-state index in [1.54, 1.807) is 43.1 Å². The van der Waals surface area contributed by atoms with Crippen LogP contribution < -0.4 is 14.5 Å². The first kappa shape index (κ1) is 24.2. The lowest BCUT2D eigenvalue weighted by molar-refractivity contribution is -0.137. The number of halogens is 3. The zero-order chi connectivity index (χ0) is 24.7. The normalized spacial score (nSPS) is 22.2. The molecule has 180 valence electrons. The molecule has 0 aliphatic carbocycles. The van der Waals surface area contributed by atoms with Gasteiger partial charge in [-0.1, -0.05) is 0 Å². The van der Waals surface area contributed by atoms with Crippen molar-refractivity contribution in [3.05, 3.63) is 47.7 Å². The van der Waals surface area contributed by atoms with Gasteiger partial charge in [-0.2, -0.15) is 18.4 Å². The second kappa shape index (κ2) is 9.02. The fourth-order valence-electron chi connectivity index (χ4n) is 4.11. The molecule has 11 heteroatoms. The van der Waals surface area contributed by atoms with E-state index in [1.807, 2.05) is 0 Å². The van der Waals surface area contributed by atoms with Crippen molar-refractivity contribution < 1.29 is 27.8 Å². The van der Waals surface area contributed by atoms with Crippen LogP contribution in [0.25, 0.3) is 0 Å². The van der Waals surface area contributed by atoms with Crippen molar-refractivity contribution in [3.63, 3.8) is 0 Å². The summed E-state index contributed by atoms with van der Waals surface area (Å²) in [5.41, 5.74) is -2.00. The van der Waals surface area contributed by atoms with E-state index < -0.39 is 29.1 Å². The van der Waals surface area contributed by atoms with Crippen LogP contribution in [0.5, 0.6) is 5.88 Å². The second-order valence-electron chi connectivity index (χ2n) is 8.75. The lowest BCUT2D eigenvalue weighted by Gasteiger charge is -2.32. The zero-order valence-electron chi connectivity index (χ0n) is 18.5. The molecule has 2 unspecified atom stereocenters. The minimum Gasteiger partial charge on any atom is -0.477 e. The highest BCUT2D eigenvalue weighted by atomic mass is 32.1. The third kappa shape index (κ3) is 4.41. The maximum absolute atomic E-state index is 13.5. The van der Waals surface area contributed by atoms with Crippen LogP contribution in [0.3, 0.4) is 0 Å². The summed E-state index contributed by atoms with van der Waals surface area (Å²) in [6.45, 7) is 5.33. The van der Waals surface area contributed by atoms with E-state index in [9.17, 15) is 18.3 Å². The maximum atomic E-state index is 13.5. The molecule has 2 saturated heterocycles. The Kier molecular flexibility index (Phi) is 6.42. The predicted molar refractivity (Wildman–Crippen MR) is 122 cm³/mol. The first-order chi connectivity index (χ1) is 16.0. The summed E-state index contributed by atoms with van der Waals surface area (Å²) in [7, 11) is 0. The topological polar surface area (TPSA) is 81.9 Å². The summed E-state index contributed by atoms with van der Waals surface area (Å²) in [5.74, 6) is 0.752. The first-order valence-electron chi connectivity index (χ1n) is 10.6. The monoisotopic (exact) mass is 492 g/mol. The van der Waals surface area contributed by atoms with Gasteiger partial charge < -0.3 is 19.5 Å². The number of alkyl halides is 3. The molecule has 2 aliphatic heterocycles. The number of ether oxygens (including phenoxy) is 2. The van der Waals surface area contributed by atoms with Gasteiger partial charge in [0.15, 0.2) is 11.3 Å². The Morgan fingerprint density at radius 1 is 1.29 bits per heavy atom. The van der Waals surface area contributed by atoms with Gasteiger partial charge >= 0.3 is 6.18 Å². The summed E-state index contributed by atoms with van der Waals surface area (Å²) in [6.07, 6.45) is -3.50. The van der Waals surface area contributed by atoms with Gasteiger partial charge in [0.2, 0.25) is 5.88 Å². The molecule has 4 rings (SSSR count). The van der Waals surface area contributed by atoms with Crippen LogP contribution in [0.15, 0.2) is 36.5 Å². The molecule has 3 heterocycles. The maximum Gasteiger partial charge on any atom is 0.417 e. The van der Waals surface area contributed by atoms with Gasteiger partial charge in [-0.25, -0.2) is 4.98 Å². The zero-order valence-corrected chi connectivity index (χ0v) is 19.4. The molecule has 1 aromatic carbocycles. The van der Waals surface area contributed by atoms with E-state index in [1.165, 1.54) is 11.0 Å². The van der Waals surface area contributed by atoms with Crippen molar-refractivity contribution in [3.8, 4) is 11.9 Å². The Bertz CT molecular complexity index is 1110. The van der Waals surface area contributed by atoms with Crippen molar-refractivity contribution in [1.82, 2.24) is 4.98 Å². The number of rotatable bonds is 5. The molecule has 2 aromatic rings. The van der Waals surface area contributed by atoms with Crippen molar-refractivity contribution >= 4 is 28.7 Å². The van der Waals surface area contributed by atoms with Crippen LogP contribution in [0.2, 0.25) is 0 Å². The Labute approximate surface area is 200 Å². The van der Waals surface area contributed by atoms with E-state index in [2.05, 4.69) is 4.98 Å². The number of aliphatic hydroxyl groups is 1. The van der Waals surface area contributed by atoms with Crippen LogP contribution in [-0.4, -0.2) is 46.8 Å². The van der Waals surface area contributed by atoms with E-state index >= 15 is 0 Å². The minimum absolute atomic E-state index is 0.0334. The number of nitriles is 1. The highest BCUT2D eigenvalue weighted by molar-refractivity contribution is 7.80. The highest BCUT2D eigenvalue weighted by Crippen LogP contribution is 2.41. The molecule has 7 nitrogen and oxygen atoms in total. The molecule has 1 N–H and O–H groups in total. The molecule has 2 fully saturated rings. The number of benzene rings is 1. The SMILES string of the molecule is CC1(C)C(O)N(c2ccc(C#N)c(C(F)(F)F)c2)C(=S)N1c1ccc(OCC2CCOC2)nc1. The van der Waals surface area contributed by atoms with Crippen molar-refractivity contribution in [1.29, 1.82) is 5.26 Å². The van der Waals surface area contributed by atoms with Gasteiger partial charge in [0.25, 0.3) is 0 Å². The number of aromatic nitrogens is 1. The summed E-state index contributed by atoms with van der Waals surface area (Å²) >= 11 is 5.58. The average Bonchev–Trinajstić information content (AvgIpc) is 3.37. The van der Waals surface area contributed by atoms with Gasteiger partial charge in [0, 0.05) is 24.3 Å². The van der Waals surface area contributed by atoms with Crippen molar-refractivity contribution in [2.24, 2.45) is 5.92 Å². The number of hydrogen-bond acceptors (Lipinski definition) is 6. The number of nitrogens with zero attached hydrogens (tertiary/aromatic N) is 4. The third-order valence-electron chi connectivity index (χ3n) is 6.03. The molecular formula is C23H23F3N4O3S. The van der Waals surface area contributed by atoms with Gasteiger partial charge in [0.05, 0.1) is 47.8 Å². The van der Waals surface area contributed by atoms with E-state index in [-0.39, 0.29) is 10.8 Å². The Balaban J connectivity index is 1.60. The summed E-state index contributed by atoms with van der Waals surface area (Å²) < 4.78 is 51.5. The number of thiocarbonyl (C=S) groups is 1. The second-order valence-corrected chi connectivity index (χ2v) is 9.12. The fourth-order valence-corrected chi connectivity index (χ4v) is 4.65. The van der Waals surface area contributed by atoms with Crippen LogP contribution in [0.1, 0.15) is 31.4 Å². The molecule has 0 bridgehead atoms. The average molecular weight is 493 g/mol. The van der Waals surface area contributed by atoms with Gasteiger partial charge in [0.1, 0.15) is 0 Å². The van der Waals surface area contributed by atoms with E-state index in [0.29, 0.717) is 30.7 Å². The van der Waals surface area contributed by atoms with Crippen LogP contribution >= 0.6 is 12.2 Å². The fraction of sp³-hybridized carbons (Fsp3) is 0.435. The molecule has 0 saturated carbocycles. The Morgan fingerprint density at radius 3 is 2.62 bits per heavy atom. The Hall–Kier alpha value is -2.94. The molecule has 0 radical (unpaired) electrons. The summed E-state index contributed by atoms with van der Waals surface area (Å²) in [6, 6.07) is 8.21. The number of anilines is 2. The molecule has 34 heavy (non-hydrogen) atoms. The van der Waals surface area contributed by atoms with Gasteiger partial charge in [-0.15, -0.1) is 0 Å². The number of pyridine rings is 1. The standard InChI is InChI=1S/C23H23F3N4O3S/c1-22(2)20(31)29(16-4-3-15(10-27)18(9-16)23(24,25)26)21(34)30(22)17-5-6-19(28-11-17)33-13-14-7-8-32-12-14/h3-6,9,11,14,20,31H,7-8,12-13H2,1-2H3. The molecule has 2 atom stereocenters. The lowest BCUT2D eigenvalue weighted by Crippen LogP contribution is -2.47. The van der Waals surface area contributed by atoms with Crippen LogP contribution in [-0.2, 0) is 10.9 Å². The third-order valence-corrected chi connectivity index (χ3v) is 6.41. The number of aliphatic hydroxyl groups excluding tert-OH is 1. The molecule has 1 aromatic heterocycles. The molecule has 2 aliphatic rings. The minimum atomic E-state index is -4.73.